The molecule has 0 atom stereocenters. The van der Waals surface area contributed by atoms with Crippen LogP contribution < -0.4 is 5.32 Å². The van der Waals surface area contributed by atoms with E-state index in [1.54, 1.807) is 0 Å². The van der Waals surface area contributed by atoms with Crippen LogP contribution in [0.2, 0.25) is 0 Å². The van der Waals surface area contributed by atoms with Gasteiger partial charge >= 0.3 is 0 Å². The number of hydrogen-bond acceptors (Lipinski definition) is 4. The van der Waals surface area contributed by atoms with Gasteiger partial charge in [0.1, 0.15) is 11.4 Å². The van der Waals surface area contributed by atoms with Crippen molar-refractivity contribution in [1.29, 1.82) is 0 Å². The maximum absolute atomic E-state index is 4.63. The third-order valence-corrected chi connectivity index (χ3v) is 3.25. The predicted octanol–water partition coefficient (Wildman–Crippen LogP) is 3.06. The topological polar surface area (TPSA) is 51.0 Å². The van der Waals surface area contributed by atoms with Crippen molar-refractivity contribution in [3.63, 3.8) is 0 Å². The van der Waals surface area contributed by atoms with Gasteiger partial charge < -0.3 is 5.32 Å². The minimum Gasteiger partial charge on any atom is -0.379 e. The molecule has 1 N–H and O–H groups in total. The van der Waals surface area contributed by atoms with Gasteiger partial charge in [0, 0.05) is 10.2 Å². The summed E-state index contributed by atoms with van der Waals surface area (Å²) in [6, 6.07) is 6.11. The third-order valence-electron chi connectivity index (χ3n) is 2.36. The highest BCUT2D eigenvalue weighted by atomic mass is 79.9. The molecule has 1 aromatic carbocycles. The predicted molar refractivity (Wildman–Crippen MR) is 65.2 cm³/mol. The zero-order chi connectivity index (χ0) is 11.5. The lowest BCUT2D eigenvalue weighted by atomic mass is 10.2. The lowest BCUT2D eigenvalue weighted by molar-refractivity contribution is 0.301. The smallest absolute Gasteiger partial charge is 0.127 e. The number of aryl methyl sites for hydroxylation is 2. The highest BCUT2D eigenvalue weighted by Gasteiger charge is 2.04. The van der Waals surface area contributed by atoms with Gasteiger partial charge in [-0.05, 0) is 37.6 Å². The van der Waals surface area contributed by atoms with Gasteiger partial charge in [-0.2, -0.15) is 0 Å². The lowest BCUT2D eigenvalue weighted by Gasteiger charge is -2.06. The first-order chi connectivity index (χ1) is 7.66. The van der Waals surface area contributed by atoms with Crippen LogP contribution in [0.4, 0.5) is 5.69 Å². The van der Waals surface area contributed by atoms with Crippen molar-refractivity contribution in [2.75, 3.05) is 5.32 Å². The van der Waals surface area contributed by atoms with Gasteiger partial charge in [0.25, 0.3) is 0 Å². The van der Waals surface area contributed by atoms with Crippen molar-refractivity contribution < 1.29 is 4.63 Å². The van der Waals surface area contributed by atoms with Gasteiger partial charge in [0.15, 0.2) is 0 Å². The van der Waals surface area contributed by atoms with Crippen LogP contribution in [0.1, 0.15) is 17.0 Å². The van der Waals surface area contributed by atoms with Crippen molar-refractivity contribution in [3.05, 3.63) is 39.6 Å². The molecule has 0 aliphatic rings. The summed E-state index contributed by atoms with van der Waals surface area (Å²) in [5.74, 6) is 0. The van der Waals surface area contributed by atoms with E-state index in [-0.39, 0.29) is 0 Å². The summed E-state index contributed by atoms with van der Waals surface area (Å²) in [7, 11) is 0. The Kier molecular flexibility index (Phi) is 3.24. The average molecular weight is 282 g/mol. The molecular weight excluding hydrogens is 270 g/mol. The number of halogens is 1. The third kappa shape index (κ3) is 2.41. The first-order valence-corrected chi connectivity index (χ1v) is 5.74. The molecule has 0 spiro atoms. The Bertz CT molecular complexity index is 496. The molecule has 0 unspecified atom stereocenters. The number of nitrogens with zero attached hydrogens (tertiary/aromatic N) is 2. The Morgan fingerprint density at radius 1 is 1.31 bits per heavy atom. The van der Waals surface area contributed by atoms with Gasteiger partial charge in [-0.1, -0.05) is 26.2 Å². The van der Waals surface area contributed by atoms with E-state index in [9.17, 15) is 0 Å². The molecular formula is C11H12BrN3O. The summed E-state index contributed by atoms with van der Waals surface area (Å²) in [5, 5.41) is 10.8. The van der Waals surface area contributed by atoms with Crippen LogP contribution in [0.25, 0.3) is 0 Å². The summed E-state index contributed by atoms with van der Waals surface area (Å²) < 4.78 is 5.74. The molecule has 2 aromatic rings. The van der Waals surface area contributed by atoms with Gasteiger partial charge in [0.05, 0.1) is 6.54 Å². The Morgan fingerprint density at radius 2 is 2.12 bits per heavy atom. The van der Waals surface area contributed by atoms with E-state index in [0.717, 1.165) is 21.5 Å². The SMILES string of the molecule is Cc1cc(NCc2nonc2C)ccc1Br. The van der Waals surface area contributed by atoms with Crippen molar-refractivity contribution in [1.82, 2.24) is 10.3 Å². The van der Waals surface area contributed by atoms with Gasteiger partial charge in [-0.3, -0.25) is 0 Å². The molecule has 0 bridgehead atoms. The summed E-state index contributed by atoms with van der Waals surface area (Å²) in [6.07, 6.45) is 0. The molecule has 2 rings (SSSR count). The van der Waals surface area contributed by atoms with E-state index >= 15 is 0 Å². The number of benzene rings is 1. The molecule has 0 saturated carbocycles. The normalized spacial score (nSPS) is 10.4. The van der Waals surface area contributed by atoms with E-state index < -0.39 is 0 Å². The second kappa shape index (κ2) is 4.65. The van der Waals surface area contributed by atoms with E-state index in [1.165, 1.54) is 5.56 Å². The number of nitrogens with one attached hydrogen (secondary N) is 1. The molecule has 0 amide bonds. The lowest BCUT2D eigenvalue weighted by Crippen LogP contribution is -2.01. The molecule has 4 nitrogen and oxygen atoms in total. The van der Waals surface area contributed by atoms with E-state index in [4.69, 9.17) is 0 Å². The monoisotopic (exact) mass is 281 g/mol. The number of anilines is 1. The van der Waals surface area contributed by atoms with Crippen LogP contribution in [-0.2, 0) is 6.54 Å². The Labute approximate surface area is 102 Å². The maximum Gasteiger partial charge on any atom is 0.127 e. The molecule has 0 fully saturated rings. The van der Waals surface area contributed by atoms with Crippen molar-refractivity contribution in [2.45, 2.75) is 20.4 Å². The number of hydrogen-bond donors (Lipinski definition) is 1. The molecule has 0 saturated heterocycles. The standard InChI is InChI=1S/C11H12BrN3O/c1-7-5-9(3-4-10(7)12)13-6-11-8(2)14-16-15-11/h3-5,13H,6H2,1-2H3. The quantitative estimate of drug-likeness (QED) is 0.940. The van der Waals surface area contributed by atoms with Crippen LogP contribution in [0, 0.1) is 13.8 Å². The maximum atomic E-state index is 4.63. The highest BCUT2D eigenvalue weighted by Crippen LogP contribution is 2.20. The largest absolute Gasteiger partial charge is 0.379 e. The fourth-order valence-electron chi connectivity index (χ4n) is 1.35. The van der Waals surface area contributed by atoms with Crippen molar-refractivity contribution in [3.8, 4) is 0 Å². The number of rotatable bonds is 3. The highest BCUT2D eigenvalue weighted by molar-refractivity contribution is 9.10. The Hall–Kier alpha value is -1.36. The minimum absolute atomic E-state index is 0.621. The Morgan fingerprint density at radius 3 is 2.75 bits per heavy atom. The van der Waals surface area contributed by atoms with Crippen LogP contribution in [0.5, 0.6) is 0 Å². The van der Waals surface area contributed by atoms with Crippen molar-refractivity contribution >= 4 is 21.6 Å². The van der Waals surface area contributed by atoms with Crippen LogP contribution in [0.15, 0.2) is 27.3 Å². The van der Waals surface area contributed by atoms with Gasteiger partial charge in [0.2, 0.25) is 0 Å². The molecule has 84 valence electrons. The first-order valence-electron chi connectivity index (χ1n) is 4.95. The molecule has 16 heavy (non-hydrogen) atoms. The summed E-state index contributed by atoms with van der Waals surface area (Å²) in [4.78, 5) is 0. The van der Waals surface area contributed by atoms with Gasteiger partial charge in [-0.25, -0.2) is 4.63 Å². The Balaban J connectivity index is 2.05. The minimum atomic E-state index is 0.621. The van der Waals surface area contributed by atoms with Crippen LogP contribution in [0.3, 0.4) is 0 Å². The van der Waals surface area contributed by atoms with E-state index in [2.05, 4.69) is 49.2 Å². The van der Waals surface area contributed by atoms with E-state index in [0.29, 0.717) is 6.54 Å². The molecule has 5 heteroatoms. The van der Waals surface area contributed by atoms with E-state index in [1.807, 2.05) is 19.1 Å². The second-order valence-corrected chi connectivity index (χ2v) is 4.47. The fourth-order valence-corrected chi connectivity index (χ4v) is 1.60. The van der Waals surface area contributed by atoms with Crippen LogP contribution >= 0.6 is 15.9 Å². The summed E-state index contributed by atoms with van der Waals surface area (Å²) >= 11 is 3.47. The molecule has 0 aliphatic heterocycles. The molecule has 1 aromatic heterocycles. The zero-order valence-corrected chi connectivity index (χ0v) is 10.7. The summed E-state index contributed by atoms with van der Waals surface area (Å²) in [5.41, 5.74) is 3.91. The molecule has 0 radical (unpaired) electrons. The van der Waals surface area contributed by atoms with Crippen LogP contribution in [-0.4, -0.2) is 10.3 Å². The number of aromatic nitrogens is 2. The molecule has 1 heterocycles. The first kappa shape index (κ1) is 11.1. The summed E-state index contributed by atoms with van der Waals surface area (Å²) in [6.45, 7) is 4.55. The second-order valence-electron chi connectivity index (χ2n) is 3.61. The fraction of sp³-hybridized carbons (Fsp3) is 0.273. The zero-order valence-electron chi connectivity index (χ0n) is 9.12. The molecule has 0 aliphatic carbocycles. The average Bonchev–Trinajstić information content (AvgIpc) is 2.66. The van der Waals surface area contributed by atoms with Crippen molar-refractivity contribution in [2.24, 2.45) is 0 Å². The van der Waals surface area contributed by atoms with Gasteiger partial charge in [-0.15, -0.1) is 0 Å².